The zero-order valence-electron chi connectivity index (χ0n) is 15.0. The average molecular weight is 385 g/mol. The summed E-state index contributed by atoms with van der Waals surface area (Å²) in [7, 11) is 1.64. The quantitative estimate of drug-likeness (QED) is 0.688. The van der Waals surface area contributed by atoms with Gasteiger partial charge in [0.2, 0.25) is 5.95 Å². The van der Waals surface area contributed by atoms with E-state index in [1.807, 2.05) is 36.4 Å². The van der Waals surface area contributed by atoms with Crippen molar-refractivity contribution in [2.75, 3.05) is 25.5 Å². The number of hydrogen-bond acceptors (Lipinski definition) is 6. The highest BCUT2D eigenvalue weighted by atomic mass is 35.5. The van der Waals surface area contributed by atoms with E-state index < -0.39 is 0 Å². The molecule has 2 aromatic carbocycles. The van der Waals surface area contributed by atoms with Crippen molar-refractivity contribution in [2.24, 2.45) is 0 Å². The van der Waals surface area contributed by atoms with Crippen LogP contribution in [0.25, 0.3) is 10.9 Å². The molecule has 0 saturated carbocycles. The average Bonchev–Trinajstić information content (AvgIpc) is 2.71. The molecule has 0 atom stereocenters. The van der Waals surface area contributed by atoms with E-state index in [1.54, 1.807) is 13.3 Å². The molecule has 6 nitrogen and oxygen atoms in total. The smallest absolute Gasteiger partial charge is 0.227 e. The number of methoxy groups -OCH3 is 1. The third-order valence-electron chi connectivity index (χ3n) is 4.57. The van der Waals surface area contributed by atoms with Gasteiger partial charge in [-0.2, -0.15) is 0 Å². The number of nitrogens with one attached hydrogen (secondary N) is 2. The summed E-state index contributed by atoms with van der Waals surface area (Å²) in [6, 6.07) is 11.3. The Hall–Kier alpha value is -2.57. The van der Waals surface area contributed by atoms with Crippen LogP contribution in [-0.2, 0) is 0 Å². The molecule has 0 unspecified atom stereocenters. The van der Waals surface area contributed by atoms with Crippen LogP contribution in [-0.4, -0.2) is 36.3 Å². The van der Waals surface area contributed by atoms with Crippen molar-refractivity contribution in [3.05, 3.63) is 47.6 Å². The van der Waals surface area contributed by atoms with Crippen molar-refractivity contribution in [2.45, 2.75) is 18.9 Å². The van der Waals surface area contributed by atoms with Gasteiger partial charge in [0.15, 0.2) is 0 Å². The largest absolute Gasteiger partial charge is 0.497 e. The van der Waals surface area contributed by atoms with Crippen molar-refractivity contribution >= 4 is 34.1 Å². The maximum absolute atomic E-state index is 6.34. The molecule has 0 aliphatic carbocycles. The van der Waals surface area contributed by atoms with E-state index in [0.717, 1.165) is 48.5 Å². The van der Waals surface area contributed by atoms with Crippen molar-refractivity contribution < 1.29 is 9.47 Å². The molecular weight excluding hydrogens is 364 g/mol. The summed E-state index contributed by atoms with van der Waals surface area (Å²) in [5, 5.41) is 7.94. The van der Waals surface area contributed by atoms with Gasteiger partial charge in [0, 0.05) is 23.3 Å². The van der Waals surface area contributed by atoms with Gasteiger partial charge in [0.25, 0.3) is 0 Å². The molecule has 0 spiro atoms. The molecule has 4 rings (SSSR count). The van der Waals surface area contributed by atoms with E-state index in [4.69, 9.17) is 21.1 Å². The van der Waals surface area contributed by atoms with E-state index >= 15 is 0 Å². The van der Waals surface area contributed by atoms with Gasteiger partial charge in [-0.3, -0.25) is 0 Å². The number of fused-ring (bicyclic) bond motifs is 1. The zero-order chi connectivity index (χ0) is 18.6. The molecule has 1 saturated heterocycles. The molecular formula is C20H21ClN4O2. The number of anilines is 2. The molecule has 2 heterocycles. The first kappa shape index (κ1) is 17.8. The summed E-state index contributed by atoms with van der Waals surface area (Å²) in [5.74, 6) is 1.98. The molecule has 1 fully saturated rings. The van der Waals surface area contributed by atoms with Crippen molar-refractivity contribution in [1.82, 2.24) is 15.3 Å². The van der Waals surface area contributed by atoms with Crippen LogP contribution in [0.5, 0.6) is 11.5 Å². The molecule has 2 N–H and O–H groups in total. The minimum atomic E-state index is 0.181. The second-order valence-corrected chi connectivity index (χ2v) is 6.83. The Balaban J connectivity index is 1.65. The summed E-state index contributed by atoms with van der Waals surface area (Å²) in [6.07, 6.45) is 3.86. The van der Waals surface area contributed by atoms with Gasteiger partial charge < -0.3 is 20.1 Å². The highest BCUT2D eigenvalue weighted by Crippen LogP contribution is 2.32. The first-order valence-electron chi connectivity index (χ1n) is 8.96. The number of benzene rings is 2. The number of halogens is 1. The zero-order valence-corrected chi connectivity index (χ0v) is 15.8. The maximum atomic E-state index is 6.34. The maximum Gasteiger partial charge on any atom is 0.227 e. The summed E-state index contributed by atoms with van der Waals surface area (Å²) in [4.78, 5) is 9.06. The molecule has 0 radical (unpaired) electrons. The number of nitrogens with zero attached hydrogens (tertiary/aromatic N) is 2. The standard InChI is InChI=1S/C20H21ClN4O2/c1-26-15-4-2-3-13(11-15)24-20-23-12-16-17(21)5-6-18(19(16)25-20)27-14-7-9-22-10-8-14/h2-6,11-12,14,22H,7-10H2,1H3,(H,23,24,25). The fourth-order valence-corrected chi connectivity index (χ4v) is 3.34. The molecule has 1 aromatic heterocycles. The third-order valence-corrected chi connectivity index (χ3v) is 4.90. The molecule has 7 heteroatoms. The number of rotatable bonds is 5. The molecule has 1 aliphatic rings. The van der Waals surface area contributed by atoms with Gasteiger partial charge in [0.05, 0.1) is 12.1 Å². The monoisotopic (exact) mass is 384 g/mol. The first-order valence-corrected chi connectivity index (χ1v) is 9.34. The van der Waals surface area contributed by atoms with Crippen molar-refractivity contribution in [1.29, 1.82) is 0 Å². The van der Waals surface area contributed by atoms with Gasteiger partial charge in [0.1, 0.15) is 23.1 Å². The van der Waals surface area contributed by atoms with Gasteiger partial charge >= 0.3 is 0 Å². The Labute approximate surface area is 162 Å². The van der Waals surface area contributed by atoms with Gasteiger partial charge in [-0.25, -0.2) is 9.97 Å². The fourth-order valence-electron chi connectivity index (χ4n) is 3.14. The lowest BCUT2D eigenvalue weighted by Crippen LogP contribution is -2.34. The lowest BCUT2D eigenvalue weighted by atomic mass is 10.1. The van der Waals surface area contributed by atoms with Crippen molar-refractivity contribution in [3.8, 4) is 11.5 Å². The first-order chi connectivity index (χ1) is 13.2. The SMILES string of the molecule is COc1cccc(Nc2ncc3c(Cl)ccc(OC4CCNCC4)c3n2)c1. The molecule has 3 aromatic rings. The van der Waals surface area contributed by atoms with E-state index in [0.29, 0.717) is 16.5 Å². The van der Waals surface area contributed by atoms with Crippen molar-refractivity contribution in [3.63, 3.8) is 0 Å². The Morgan fingerprint density at radius 1 is 1.19 bits per heavy atom. The number of hydrogen-bond donors (Lipinski definition) is 2. The van der Waals surface area contributed by atoms with E-state index in [-0.39, 0.29) is 6.10 Å². The lowest BCUT2D eigenvalue weighted by molar-refractivity contribution is 0.164. The summed E-state index contributed by atoms with van der Waals surface area (Å²) in [5.41, 5.74) is 1.55. The number of ether oxygens (including phenoxy) is 2. The normalized spacial score (nSPS) is 14.9. The van der Waals surface area contributed by atoms with E-state index in [2.05, 4.69) is 20.6 Å². The number of aromatic nitrogens is 2. The van der Waals surface area contributed by atoms with Gasteiger partial charge in [-0.15, -0.1) is 0 Å². The van der Waals surface area contributed by atoms with Crippen LogP contribution < -0.4 is 20.1 Å². The third kappa shape index (κ3) is 4.07. The minimum absolute atomic E-state index is 0.181. The van der Waals surface area contributed by atoms with Crippen LogP contribution in [0.4, 0.5) is 11.6 Å². The highest BCUT2D eigenvalue weighted by molar-refractivity contribution is 6.35. The van der Waals surface area contributed by atoms with Gasteiger partial charge in [-0.05, 0) is 50.2 Å². The van der Waals surface area contributed by atoms with Crippen LogP contribution in [0, 0.1) is 0 Å². The van der Waals surface area contributed by atoms with Crippen LogP contribution in [0.15, 0.2) is 42.6 Å². The molecule has 27 heavy (non-hydrogen) atoms. The molecule has 0 amide bonds. The summed E-state index contributed by atoms with van der Waals surface area (Å²) in [6.45, 7) is 1.93. The van der Waals surface area contributed by atoms with Gasteiger partial charge in [-0.1, -0.05) is 17.7 Å². The topological polar surface area (TPSA) is 68.3 Å². The second kappa shape index (κ2) is 7.98. The predicted octanol–water partition coefficient (Wildman–Crippen LogP) is 4.17. The van der Waals surface area contributed by atoms with E-state index in [1.165, 1.54) is 0 Å². The van der Waals surface area contributed by atoms with Crippen LogP contribution >= 0.6 is 11.6 Å². The second-order valence-electron chi connectivity index (χ2n) is 6.43. The number of piperidine rings is 1. The molecule has 0 bridgehead atoms. The summed E-state index contributed by atoms with van der Waals surface area (Å²) < 4.78 is 11.5. The van der Waals surface area contributed by atoms with Crippen LogP contribution in [0.2, 0.25) is 5.02 Å². The molecule has 140 valence electrons. The molecule has 1 aliphatic heterocycles. The Kier molecular flexibility index (Phi) is 5.27. The Morgan fingerprint density at radius 2 is 2.04 bits per heavy atom. The van der Waals surface area contributed by atoms with E-state index in [9.17, 15) is 0 Å². The van der Waals surface area contributed by atoms with Crippen LogP contribution in [0.3, 0.4) is 0 Å². The fraction of sp³-hybridized carbons (Fsp3) is 0.300. The highest BCUT2D eigenvalue weighted by Gasteiger charge is 2.17. The predicted molar refractivity (Wildman–Crippen MR) is 107 cm³/mol. The lowest BCUT2D eigenvalue weighted by Gasteiger charge is -2.24. The summed E-state index contributed by atoms with van der Waals surface area (Å²) >= 11 is 6.34. The Morgan fingerprint density at radius 3 is 2.85 bits per heavy atom. The Bertz CT molecular complexity index is 944. The van der Waals surface area contributed by atoms with Crippen LogP contribution in [0.1, 0.15) is 12.8 Å². The minimum Gasteiger partial charge on any atom is -0.497 e.